The van der Waals surface area contributed by atoms with Gasteiger partial charge in [-0.3, -0.25) is 14.7 Å². The highest BCUT2D eigenvalue weighted by atomic mass is 19.4. The van der Waals surface area contributed by atoms with Gasteiger partial charge in [-0.25, -0.2) is 19.9 Å². The molecule has 1 aliphatic heterocycles. The Hall–Kier alpha value is -4.37. The first-order valence-corrected chi connectivity index (χ1v) is 18.7. The molecule has 0 radical (unpaired) electrons. The minimum atomic E-state index is -4.53. The van der Waals surface area contributed by atoms with Crippen LogP contribution >= 0.6 is 0 Å². The van der Waals surface area contributed by atoms with Crippen LogP contribution in [0.2, 0.25) is 0 Å². The Morgan fingerprint density at radius 2 is 1.77 bits per heavy atom. The standard InChI is InChI=1S/C38H48F3N9O3/c1-4-53-32(51)10-13-49-14-16-50(17-15-49)31-22-42-29(21-43-31)35-46-34-30(48(2)23-37(24-52-3)11-6-5-7-12-37)19-28(45-36(34)47-35)26-18-27(38(39,40)41)33(44-20-26)25-8-9-25/h18-22,25H,4-17,23-24H2,1-3H3,(H,45,46,47). The van der Waals surface area contributed by atoms with E-state index in [1.54, 1.807) is 19.5 Å². The number of ether oxygens (including phenoxy) is 2. The summed E-state index contributed by atoms with van der Waals surface area (Å²) in [6.07, 6.45) is 7.71. The second kappa shape index (κ2) is 15.5. The van der Waals surface area contributed by atoms with Crippen LogP contribution in [0.25, 0.3) is 33.9 Å². The average Bonchev–Trinajstić information content (AvgIpc) is 3.91. The number of hydrogen-bond acceptors (Lipinski definition) is 11. The first-order chi connectivity index (χ1) is 25.6. The number of halogens is 3. The van der Waals surface area contributed by atoms with Crippen molar-refractivity contribution in [3.05, 3.63) is 42.0 Å². The molecule has 1 saturated heterocycles. The van der Waals surface area contributed by atoms with Gasteiger partial charge in [-0.15, -0.1) is 0 Å². The van der Waals surface area contributed by atoms with Crippen molar-refractivity contribution in [2.45, 2.75) is 70.4 Å². The highest BCUT2D eigenvalue weighted by Crippen LogP contribution is 2.46. The van der Waals surface area contributed by atoms with Crippen molar-refractivity contribution in [1.29, 1.82) is 0 Å². The van der Waals surface area contributed by atoms with E-state index >= 15 is 0 Å². The summed E-state index contributed by atoms with van der Waals surface area (Å²) < 4.78 is 53.6. The topological polar surface area (TPSA) is 125 Å². The van der Waals surface area contributed by atoms with E-state index in [-0.39, 0.29) is 28.6 Å². The van der Waals surface area contributed by atoms with Gasteiger partial charge in [0.25, 0.3) is 0 Å². The Morgan fingerprint density at radius 1 is 1.00 bits per heavy atom. The molecule has 3 aliphatic rings. The molecule has 5 heterocycles. The zero-order chi connectivity index (χ0) is 37.2. The molecule has 15 heteroatoms. The second-order valence-electron chi connectivity index (χ2n) is 14.7. The summed E-state index contributed by atoms with van der Waals surface area (Å²) in [5.41, 5.74) is 2.34. The van der Waals surface area contributed by atoms with Crippen LogP contribution in [0.15, 0.2) is 30.7 Å². The zero-order valence-electron chi connectivity index (χ0n) is 30.7. The number of carbonyl (C=O) groups is 1. The number of nitrogens with zero attached hydrogens (tertiary/aromatic N) is 8. The van der Waals surface area contributed by atoms with Crippen molar-refractivity contribution < 1.29 is 27.4 Å². The molecule has 12 nitrogen and oxygen atoms in total. The van der Waals surface area contributed by atoms with Gasteiger partial charge < -0.3 is 24.3 Å². The van der Waals surface area contributed by atoms with Crippen molar-refractivity contribution >= 4 is 28.6 Å². The smallest absolute Gasteiger partial charge is 0.418 e. The minimum absolute atomic E-state index is 0.0506. The number of fused-ring (bicyclic) bond motifs is 1. The SMILES string of the molecule is CCOC(=O)CCN1CCN(c2cnc(-c3nc4nc(-c5cnc(C6CC6)c(C(F)(F)F)c5)cc(N(C)CC5(COC)CCCCC5)c4[nH]3)cn2)CC1. The van der Waals surface area contributed by atoms with E-state index in [4.69, 9.17) is 29.4 Å². The molecule has 0 aromatic carbocycles. The molecule has 1 N–H and O–H groups in total. The van der Waals surface area contributed by atoms with E-state index in [0.29, 0.717) is 73.9 Å². The van der Waals surface area contributed by atoms with Crippen molar-refractivity contribution in [2.24, 2.45) is 5.41 Å². The van der Waals surface area contributed by atoms with Gasteiger partial charge in [0.2, 0.25) is 0 Å². The number of imidazole rings is 1. The third kappa shape index (κ3) is 8.40. The molecule has 4 aromatic heterocycles. The van der Waals surface area contributed by atoms with Crippen molar-refractivity contribution in [3.8, 4) is 22.8 Å². The lowest BCUT2D eigenvalue weighted by atomic mass is 9.74. The Balaban J connectivity index is 1.18. The fourth-order valence-corrected chi connectivity index (χ4v) is 7.90. The van der Waals surface area contributed by atoms with Crippen LogP contribution in [0, 0.1) is 5.41 Å². The maximum Gasteiger partial charge on any atom is 0.418 e. The lowest BCUT2D eigenvalue weighted by molar-refractivity contribution is -0.143. The van der Waals surface area contributed by atoms with Crippen LogP contribution < -0.4 is 9.80 Å². The number of anilines is 2. The van der Waals surface area contributed by atoms with Gasteiger partial charge in [0, 0.05) is 76.5 Å². The molecule has 7 rings (SSSR count). The zero-order valence-corrected chi connectivity index (χ0v) is 30.7. The van der Waals surface area contributed by atoms with Gasteiger partial charge in [-0.1, -0.05) is 19.3 Å². The number of aromatic nitrogens is 6. The Kier molecular flexibility index (Phi) is 10.8. The summed E-state index contributed by atoms with van der Waals surface area (Å²) >= 11 is 0. The number of hydrogen-bond donors (Lipinski definition) is 1. The van der Waals surface area contributed by atoms with Crippen LogP contribution in [0.1, 0.15) is 75.5 Å². The molecule has 3 fully saturated rings. The highest BCUT2D eigenvalue weighted by Gasteiger charge is 2.40. The van der Waals surface area contributed by atoms with Gasteiger partial charge in [-0.05, 0) is 44.7 Å². The molecule has 0 spiro atoms. The maximum atomic E-state index is 14.3. The number of aromatic amines is 1. The number of methoxy groups -OCH3 is 1. The van der Waals surface area contributed by atoms with Crippen molar-refractivity contribution in [1.82, 2.24) is 34.8 Å². The molecule has 53 heavy (non-hydrogen) atoms. The number of alkyl halides is 3. The third-order valence-corrected chi connectivity index (χ3v) is 10.8. The van der Waals surface area contributed by atoms with Crippen molar-refractivity contribution in [2.75, 3.05) is 76.4 Å². The van der Waals surface area contributed by atoms with Crippen LogP contribution in [0.5, 0.6) is 0 Å². The van der Waals surface area contributed by atoms with Gasteiger partial charge in [0.05, 0.1) is 54.7 Å². The summed E-state index contributed by atoms with van der Waals surface area (Å²) in [6.45, 7) is 7.28. The Labute approximate surface area is 307 Å². The molecule has 284 valence electrons. The van der Waals surface area contributed by atoms with E-state index in [9.17, 15) is 18.0 Å². The fraction of sp³-hybridized carbons (Fsp3) is 0.579. The molecule has 0 bridgehead atoms. The first-order valence-electron chi connectivity index (χ1n) is 18.7. The summed E-state index contributed by atoms with van der Waals surface area (Å²) in [5.74, 6) is 0.875. The number of nitrogens with one attached hydrogen (secondary N) is 1. The molecule has 2 saturated carbocycles. The number of piperazine rings is 1. The van der Waals surface area contributed by atoms with Gasteiger partial charge in [-0.2, -0.15) is 13.2 Å². The van der Waals surface area contributed by atoms with E-state index < -0.39 is 11.7 Å². The van der Waals surface area contributed by atoms with Crippen molar-refractivity contribution in [3.63, 3.8) is 0 Å². The normalized spacial score (nSPS) is 18.0. The summed E-state index contributed by atoms with van der Waals surface area (Å²) in [6, 6.07) is 3.02. The maximum absolute atomic E-state index is 14.3. The number of esters is 1. The molecule has 0 atom stereocenters. The summed E-state index contributed by atoms with van der Waals surface area (Å²) in [7, 11) is 3.74. The molecular formula is C38H48F3N9O3. The van der Waals surface area contributed by atoms with Crippen LogP contribution in [0.4, 0.5) is 24.7 Å². The largest absolute Gasteiger partial charge is 0.466 e. The van der Waals surface area contributed by atoms with E-state index in [2.05, 4.69) is 24.7 Å². The monoisotopic (exact) mass is 735 g/mol. The Morgan fingerprint density at radius 3 is 2.43 bits per heavy atom. The molecule has 4 aromatic rings. The van der Waals surface area contributed by atoms with Crippen LogP contribution in [0.3, 0.4) is 0 Å². The molecule has 2 aliphatic carbocycles. The molecular weight excluding hydrogens is 687 g/mol. The molecule has 0 amide bonds. The quantitative estimate of drug-likeness (QED) is 0.152. The second-order valence-corrected chi connectivity index (χ2v) is 14.7. The van der Waals surface area contributed by atoms with E-state index in [1.807, 2.05) is 20.0 Å². The lowest BCUT2D eigenvalue weighted by Gasteiger charge is -2.40. The number of H-pyrrole nitrogens is 1. The highest BCUT2D eigenvalue weighted by molar-refractivity contribution is 5.91. The number of rotatable bonds is 13. The number of carbonyl (C=O) groups excluding carboxylic acids is 1. The average molecular weight is 736 g/mol. The predicted octanol–water partition coefficient (Wildman–Crippen LogP) is 6.48. The first kappa shape index (κ1) is 37.0. The van der Waals surface area contributed by atoms with Crippen LogP contribution in [-0.2, 0) is 20.4 Å². The Bertz CT molecular complexity index is 1880. The third-order valence-electron chi connectivity index (χ3n) is 10.8. The van der Waals surface area contributed by atoms with E-state index in [0.717, 1.165) is 63.4 Å². The van der Waals surface area contributed by atoms with Crippen LogP contribution in [-0.4, -0.2) is 107 Å². The minimum Gasteiger partial charge on any atom is -0.466 e. The van der Waals surface area contributed by atoms with Gasteiger partial charge in [0.15, 0.2) is 11.5 Å². The predicted molar refractivity (Wildman–Crippen MR) is 196 cm³/mol. The fourth-order valence-electron chi connectivity index (χ4n) is 7.90. The van der Waals surface area contributed by atoms with Gasteiger partial charge >= 0.3 is 12.1 Å². The van der Waals surface area contributed by atoms with E-state index in [1.165, 1.54) is 18.7 Å². The van der Waals surface area contributed by atoms with Gasteiger partial charge in [0.1, 0.15) is 17.0 Å². The number of pyridine rings is 2. The summed E-state index contributed by atoms with van der Waals surface area (Å²) in [4.78, 5) is 45.1. The lowest BCUT2D eigenvalue weighted by Crippen LogP contribution is -2.47. The summed E-state index contributed by atoms with van der Waals surface area (Å²) in [5, 5.41) is 0. The molecule has 0 unspecified atom stereocenters.